The Labute approximate surface area is 119 Å². The van der Waals surface area contributed by atoms with Gasteiger partial charge < -0.3 is 4.79 Å². The minimum Gasteiger partial charge on any atom is -0.300 e. The van der Waals surface area contributed by atoms with Crippen LogP contribution in [-0.2, 0) is 4.79 Å². The van der Waals surface area contributed by atoms with Crippen LogP contribution in [0.15, 0.2) is 0 Å². The lowest BCUT2D eigenvalue weighted by Crippen LogP contribution is -2.08. The standard InChI is InChI=1S/C17H33FO/c1-3-4-5-6-7-8-9-10-11-12-13-17(15-18)14-16(2)19/h17H,3-15H2,1-2H3. The molecule has 0 saturated heterocycles. The molecule has 0 aliphatic heterocycles. The Morgan fingerprint density at radius 1 is 0.895 bits per heavy atom. The number of Topliss-reactive ketones (excluding diaryl/α,β-unsaturated/α-hetero) is 1. The third-order valence-electron chi connectivity index (χ3n) is 3.76. The van der Waals surface area contributed by atoms with Gasteiger partial charge in [-0.2, -0.15) is 0 Å². The van der Waals surface area contributed by atoms with Gasteiger partial charge in [-0.3, -0.25) is 4.39 Å². The highest BCUT2D eigenvalue weighted by Gasteiger charge is 2.10. The molecule has 0 amide bonds. The SMILES string of the molecule is CCCCCCCCCCCCC(CF)CC(C)=O. The van der Waals surface area contributed by atoms with Crippen LogP contribution in [0.1, 0.15) is 90.9 Å². The lowest BCUT2D eigenvalue weighted by Gasteiger charge is -2.10. The molecular weight excluding hydrogens is 239 g/mol. The van der Waals surface area contributed by atoms with Crippen LogP contribution >= 0.6 is 0 Å². The number of halogens is 1. The Hall–Kier alpha value is -0.400. The summed E-state index contributed by atoms with van der Waals surface area (Å²) in [7, 11) is 0. The molecule has 1 atom stereocenters. The van der Waals surface area contributed by atoms with E-state index >= 15 is 0 Å². The number of hydrogen-bond donors (Lipinski definition) is 0. The van der Waals surface area contributed by atoms with E-state index < -0.39 is 0 Å². The fourth-order valence-electron chi connectivity index (χ4n) is 2.56. The van der Waals surface area contributed by atoms with E-state index in [9.17, 15) is 9.18 Å². The van der Waals surface area contributed by atoms with Crippen molar-refractivity contribution in [1.82, 2.24) is 0 Å². The van der Waals surface area contributed by atoms with E-state index in [1.54, 1.807) is 6.92 Å². The zero-order chi connectivity index (χ0) is 14.3. The maximum atomic E-state index is 12.6. The Balaban J connectivity index is 3.23. The lowest BCUT2D eigenvalue weighted by molar-refractivity contribution is -0.118. The van der Waals surface area contributed by atoms with Crippen LogP contribution in [0, 0.1) is 5.92 Å². The molecule has 0 aliphatic carbocycles. The minimum absolute atomic E-state index is 0.0217. The van der Waals surface area contributed by atoms with Crippen molar-refractivity contribution in [2.45, 2.75) is 90.9 Å². The molecule has 0 aromatic carbocycles. The number of unbranched alkanes of at least 4 members (excludes halogenated alkanes) is 9. The van der Waals surface area contributed by atoms with Crippen LogP contribution in [0.5, 0.6) is 0 Å². The van der Waals surface area contributed by atoms with Crippen molar-refractivity contribution in [3.8, 4) is 0 Å². The largest absolute Gasteiger partial charge is 0.300 e. The molecule has 0 saturated carbocycles. The fourth-order valence-corrected chi connectivity index (χ4v) is 2.56. The number of rotatable bonds is 14. The average molecular weight is 272 g/mol. The molecule has 0 aromatic rings. The maximum Gasteiger partial charge on any atom is 0.130 e. The van der Waals surface area contributed by atoms with Gasteiger partial charge in [-0.25, -0.2) is 0 Å². The van der Waals surface area contributed by atoms with Gasteiger partial charge >= 0.3 is 0 Å². The second-order valence-electron chi connectivity index (χ2n) is 5.90. The summed E-state index contributed by atoms with van der Waals surface area (Å²) < 4.78 is 12.6. The highest BCUT2D eigenvalue weighted by atomic mass is 19.1. The molecule has 0 heterocycles. The van der Waals surface area contributed by atoms with Crippen LogP contribution in [0.3, 0.4) is 0 Å². The predicted octanol–water partition coefficient (Wildman–Crippen LogP) is 5.86. The second-order valence-corrected chi connectivity index (χ2v) is 5.90. The smallest absolute Gasteiger partial charge is 0.130 e. The summed E-state index contributed by atoms with van der Waals surface area (Å²) in [6.07, 6.45) is 14.4. The van der Waals surface area contributed by atoms with Gasteiger partial charge in [-0.05, 0) is 19.3 Å². The predicted molar refractivity (Wildman–Crippen MR) is 81.2 cm³/mol. The van der Waals surface area contributed by atoms with Crippen molar-refractivity contribution in [3.63, 3.8) is 0 Å². The number of hydrogen-bond acceptors (Lipinski definition) is 1. The molecule has 0 radical (unpaired) electrons. The molecule has 0 aliphatic rings. The normalized spacial score (nSPS) is 12.6. The van der Waals surface area contributed by atoms with Gasteiger partial charge in [-0.15, -0.1) is 0 Å². The van der Waals surface area contributed by atoms with Crippen molar-refractivity contribution in [2.24, 2.45) is 5.92 Å². The molecule has 2 heteroatoms. The summed E-state index contributed by atoms with van der Waals surface area (Å²) in [5.74, 6) is 0.0984. The van der Waals surface area contributed by atoms with Gasteiger partial charge in [0.1, 0.15) is 5.78 Å². The van der Waals surface area contributed by atoms with Crippen molar-refractivity contribution in [3.05, 3.63) is 0 Å². The average Bonchev–Trinajstić information content (AvgIpc) is 2.39. The third kappa shape index (κ3) is 13.8. The van der Waals surface area contributed by atoms with Crippen molar-refractivity contribution in [1.29, 1.82) is 0 Å². The van der Waals surface area contributed by atoms with Crippen LogP contribution in [0.25, 0.3) is 0 Å². The summed E-state index contributed by atoms with van der Waals surface area (Å²) in [4.78, 5) is 10.9. The number of ketones is 1. The first kappa shape index (κ1) is 18.6. The topological polar surface area (TPSA) is 17.1 Å². The molecule has 114 valence electrons. The molecule has 0 fully saturated rings. The van der Waals surface area contributed by atoms with E-state index in [1.807, 2.05) is 0 Å². The number of carbonyl (C=O) groups is 1. The Bertz CT molecular complexity index is 203. The fraction of sp³-hybridized carbons (Fsp3) is 0.941. The quantitative estimate of drug-likeness (QED) is 0.362. The number of carbonyl (C=O) groups excluding carboxylic acids is 1. The van der Waals surface area contributed by atoms with Crippen LogP contribution < -0.4 is 0 Å². The summed E-state index contributed by atoms with van der Waals surface area (Å²) in [5, 5.41) is 0. The highest BCUT2D eigenvalue weighted by molar-refractivity contribution is 5.75. The molecule has 0 N–H and O–H groups in total. The van der Waals surface area contributed by atoms with Gasteiger partial charge in [0.05, 0.1) is 6.67 Å². The molecule has 0 rings (SSSR count). The molecule has 19 heavy (non-hydrogen) atoms. The van der Waals surface area contributed by atoms with Crippen LogP contribution in [-0.4, -0.2) is 12.5 Å². The molecule has 0 bridgehead atoms. The van der Waals surface area contributed by atoms with Gasteiger partial charge in [0.2, 0.25) is 0 Å². The van der Waals surface area contributed by atoms with Gasteiger partial charge in [-0.1, -0.05) is 71.1 Å². The second kappa shape index (κ2) is 14.0. The number of alkyl halides is 1. The van der Waals surface area contributed by atoms with E-state index in [4.69, 9.17) is 0 Å². The van der Waals surface area contributed by atoms with Crippen LogP contribution in [0.2, 0.25) is 0 Å². The summed E-state index contributed by atoms with van der Waals surface area (Å²) in [6, 6.07) is 0. The lowest BCUT2D eigenvalue weighted by atomic mass is 9.96. The van der Waals surface area contributed by atoms with Crippen molar-refractivity contribution < 1.29 is 9.18 Å². The zero-order valence-corrected chi connectivity index (χ0v) is 13.1. The van der Waals surface area contributed by atoms with E-state index in [0.29, 0.717) is 6.42 Å². The Kier molecular flexibility index (Phi) is 13.7. The maximum absolute atomic E-state index is 12.6. The Morgan fingerprint density at radius 2 is 1.37 bits per heavy atom. The van der Waals surface area contributed by atoms with Crippen molar-refractivity contribution >= 4 is 5.78 Å². The molecule has 1 nitrogen and oxygen atoms in total. The first-order valence-corrected chi connectivity index (χ1v) is 8.26. The van der Waals surface area contributed by atoms with Gasteiger partial charge in [0.15, 0.2) is 0 Å². The molecule has 0 spiro atoms. The summed E-state index contributed by atoms with van der Waals surface area (Å²) in [6.45, 7) is 3.47. The zero-order valence-electron chi connectivity index (χ0n) is 13.1. The summed E-state index contributed by atoms with van der Waals surface area (Å²) in [5.41, 5.74) is 0. The first-order valence-electron chi connectivity index (χ1n) is 8.26. The Morgan fingerprint density at radius 3 is 1.79 bits per heavy atom. The van der Waals surface area contributed by atoms with Crippen molar-refractivity contribution in [2.75, 3.05) is 6.67 Å². The minimum atomic E-state index is -0.336. The van der Waals surface area contributed by atoms with E-state index in [-0.39, 0.29) is 18.4 Å². The molecular formula is C17H33FO. The molecule has 1 unspecified atom stereocenters. The van der Waals surface area contributed by atoms with Crippen LogP contribution in [0.4, 0.5) is 4.39 Å². The van der Waals surface area contributed by atoms with E-state index in [1.165, 1.54) is 57.8 Å². The van der Waals surface area contributed by atoms with E-state index in [2.05, 4.69) is 6.92 Å². The third-order valence-corrected chi connectivity index (χ3v) is 3.76. The van der Waals surface area contributed by atoms with E-state index in [0.717, 1.165) is 12.8 Å². The first-order chi connectivity index (χ1) is 9.20. The van der Waals surface area contributed by atoms with Gasteiger partial charge in [0, 0.05) is 6.42 Å². The molecule has 0 aromatic heterocycles. The highest BCUT2D eigenvalue weighted by Crippen LogP contribution is 2.16. The summed E-state index contributed by atoms with van der Waals surface area (Å²) >= 11 is 0. The van der Waals surface area contributed by atoms with Gasteiger partial charge in [0.25, 0.3) is 0 Å². The monoisotopic (exact) mass is 272 g/mol.